The highest BCUT2D eigenvalue weighted by molar-refractivity contribution is 7.98. The SMILES string of the molecule is Cc1cc(C(=N)N)cc(SCc2ccccc2C)n1. The van der Waals surface area contributed by atoms with Crippen molar-refractivity contribution in [3.63, 3.8) is 0 Å². The third kappa shape index (κ3) is 3.58. The predicted octanol–water partition coefficient (Wildman–Crippen LogP) is 3.27. The summed E-state index contributed by atoms with van der Waals surface area (Å²) in [6, 6.07) is 12.0. The fraction of sp³-hybridized carbons (Fsp3) is 0.200. The van der Waals surface area contributed by atoms with Gasteiger partial charge in [-0.3, -0.25) is 5.41 Å². The van der Waals surface area contributed by atoms with E-state index >= 15 is 0 Å². The van der Waals surface area contributed by atoms with Gasteiger partial charge in [-0.25, -0.2) is 4.98 Å². The maximum absolute atomic E-state index is 7.50. The zero-order valence-corrected chi connectivity index (χ0v) is 11.9. The second-order valence-electron chi connectivity index (χ2n) is 4.46. The molecule has 0 aliphatic heterocycles. The standard InChI is InChI=1S/C15H17N3S/c1-10-5-3-4-6-12(10)9-19-14-8-13(15(16)17)7-11(2)18-14/h3-8H,9H2,1-2H3,(H3,16,17). The lowest BCUT2D eigenvalue weighted by Gasteiger charge is -2.07. The molecule has 0 aliphatic rings. The van der Waals surface area contributed by atoms with Crippen LogP contribution in [0.15, 0.2) is 41.4 Å². The third-order valence-corrected chi connectivity index (χ3v) is 3.84. The summed E-state index contributed by atoms with van der Waals surface area (Å²) in [5.74, 6) is 0.962. The Balaban J connectivity index is 2.16. The first-order valence-corrected chi connectivity index (χ1v) is 7.05. The number of aryl methyl sites for hydroxylation is 2. The molecular weight excluding hydrogens is 254 g/mol. The van der Waals surface area contributed by atoms with Crippen molar-refractivity contribution in [3.8, 4) is 0 Å². The van der Waals surface area contributed by atoms with Gasteiger partial charge in [0.2, 0.25) is 0 Å². The van der Waals surface area contributed by atoms with Crippen LogP contribution in [0, 0.1) is 19.3 Å². The lowest BCUT2D eigenvalue weighted by atomic mass is 10.1. The van der Waals surface area contributed by atoms with Crippen LogP contribution in [-0.4, -0.2) is 10.8 Å². The van der Waals surface area contributed by atoms with Crippen LogP contribution in [0.5, 0.6) is 0 Å². The number of nitrogens with two attached hydrogens (primary N) is 1. The first kappa shape index (κ1) is 13.6. The molecule has 0 bridgehead atoms. The molecule has 0 unspecified atom stereocenters. The molecule has 1 aromatic heterocycles. The van der Waals surface area contributed by atoms with Crippen molar-refractivity contribution in [1.82, 2.24) is 4.98 Å². The van der Waals surface area contributed by atoms with Crippen LogP contribution in [0.3, 0.4) is 0 Å². The van der Waals surface area contributed by atoms with Gasteiger partial charge in [-0.1, -0.05) is 24.3 Å². The van der Waals surface area contributed by atoms with Crippen LogP contribution in [0.1, 0.15) is 22.4 Å². The fourth-order valence-corrected chi connectivity index (χ4v) is 2.84. The van der Waals surface area contributed by atoms with Crippen LogP contribution < -0.4 is 5.73 Å². The topological polar surface area (TPSA) is 62.8 Å². The van der Waals surface area contributed by atoms with Crippen LogP contribution in [-0.2, 0) is 5.75 Å². The van der Waals surface area contributed by atoms with E-state index in [-0.39, 0.29) is 5.84 Å². The lowest BCUT2D eigenvalue weighted by molar-refractivity contribution is 1.06. The highest BCUT2D eigenvalue weighted by Crippen LogP contribution is 2.23. The van der Waals surface area contributed by atoms with Crippen LogP contribution >= 0.6 is 11.8 Å². The number of thioether (sulfide) groups is 1. The number of amidine groups is 1. The molecule has 0 aliphatic carbocycles. The van der Waals surface area contributed by atoms with Gasteiger partial charge in [0.05, 0.1) is 5.03 Å². The highest BCUT2D eigenvalue weighted by atomic mass is 32.2. The Hall–Kier alpha value is -1.81. The molecular formula is C15H17N3S. The minimum absolute atomic E-state index is 0.0863. The summed E-state index contributed by atoms with van der Waals surface area (Å²) in [5, 5.41) is 8.41. The molecule has 1 aromatic carbocycles. The second-order valence-corrected chi connectivity index (χ2v) is 5.46. The zero-order valence-electron chi connectivity index (χ0n) is 11.1. The summed E-state index contributed by atoms with van der Waals surface area (Å²) in [4.78, 5) is 4.47. The van der Waals surface area contributed by atoms with E-state index in [1.165, 1.54) is 11.1 Å². The summed E-state index contributed by atoms with van der Waals surface area (Å²) in [6.45, 7) is 4.03. The molecule has 3 nitrogen and oxygen atoms in total. The first-order valence-electron chi connectivity index (χ1n) is 6.06. The summed E-state index contributed by atoms with van der Waals surface area (Å²) < 4.78 is 0. The molecule has 2 rings (SSSR count). The van der Waals surface area contributed by atoms with Crippen molar-refractivity contribution < 1.29 is 0 Å². The molecule has 4 heteroatoms. The van der Waals surface area contributed by atoms with Gasteiger partial charge in [0.25, 0.3) is 0 Å². The van der Waals surface area contributed by atoms with Gasteiger partial charge >= 0.3 is 0 Å². The maximum Gasteiger partial charge on any atom is 0.122 e. The van der Waals surface area contributed by atoms with Gasteiger partial charge in [-0.2, -0.15) is 0 Å². The van der Waals surface area contributed by atoms with E-state index in [1.54, 1.807) is 11.8 Å². The number of nitrogens with zero attached hydrogens (tertiary/aromatic N) is 1. The van der Waals surface area contributed by atoms with Gasteiger partial charge in [0, 0.05) is 17.0 Å². The fourth-order valence-electron chi connectivity index (χ4n) is 1.79. The van der Waals surface area contributed by atoms with Gasteiger partial charge in [0.15, 0.2) is 0 Å². The average molecular weight is 271 g/mol. The largest absolute Gasteiger partial charge is 0.384 e. The van der Waals surface area contributed by atoms with Crippen molar-refractivity contribution in [3.05, 3.63) is 58.8 Å². The molecule has 3 N–H and O–H groups in total. The molecule has 0 atom stereocenters. The molecule has 0 saturated carbocycles. The number of nitrogen functional groups attached to an aromatic ring is 1. The molecule has 1 heterocycles. The second kappa shape index (κ2) is 5.89. The van der Waals surface area contributed by atoms with Crippen LogP contribution in [0.25, 0.3) is 0 Å². The number of aromatic nitrogens is 1. The molecule has 0 amide bonds. The Morgan fingerprint density at radius 3 is 2.68 bits per heavy atom. The van der Waals surface area contributed by atoms with Crippen molar-refractivity contribution in [2.24, 2.45) is 5.73 Å². The van der Waals surface area contributed by atoms with Gasteiger partial charge < -0.3 is 5.73 Å². The van der Waals surface area contributed by atoms with Gasteiger partial charge in [-0.15, -0.1) is 11.8 Å². The quantitative estimate of drug-likeness (QED) is 0.509. The molecule has 0 fully saturated rings. The summed E-state index contributed by atoms with van der Waals surface area (Å²) in [6.07, 6.45) is 0. The molecule has 0 spiro atoms. The van der Waals surface area contributed by atoms with E-state index in [0.717, 1.165) is 22.0 Å². The zero-order chi connectivity index (χ0) is 13.8. The summed E-state index contributed by atoms with van der Waals surface area (Å²) in [5.41, 5.74) is 9.75. The third-order valence-electron chi connectivity index (χ3n) is 2.88. The number of rotatable bonds is 4. The maximum atomic E-state index is 7.50. The summed E-state index contributed by atoms with van der Waals surface area (Å²) in [7, 11) is 0. The highest BCUT2D eigenvalue weighted by Gasteiger charge is 2.05. The Labute approximate surface area is 117 Å². The van der Waals surface area contributed by atoms with Crippen molar-refractivity contribution >= 4 is 17.6 Å². The molecule has 0 radical (unpaired) electrons. The van der Waals surface area contributed by atoms with Gasteiger partial charge in [-0.05, 0) is 37.1 Å². The number of pyridine rings is 1. The average Bonchev–Trinajstić information content (AvgIpc) is 2.37. The van der Waals surface area contributed by atoms with Crippen LogP contribution in [0.4, 0.5) is 0 Å². The molecule has 98 valence electrons. The summed E-state index contributed by atoms with van der Waals surface area (Å²) >= 11 is 1.67. The number of benzene rings is 1. The van der Waals surface area contributed by atoms with E-state index in [0.29, 0.717) is 0 Å². The van der Waals surface area contributed by atoms with Crippen molar-refractivity contribution in [2.75, 3.05) is 0 Å². The predicted molar refractivity (Wildman–Crippen MR) is 80.7 cm³/mol. The first-order chi connectivity index (χ1) is 9.06. The normalized spacial score (nSPS) is 10.4. The number of hydrogen-bond acceptors (Lipinski definition) is 3. The minimum atomic E-state index is 0.0863. The number of hydrogen-bond donors (Lipinski definition) is 2. The Bertz CT molecular complexity index is 608. The van der Waals surface area contributed by atoms with E-state index in [2.05, 4.69) is 24.0 Å². The number of nitrogens with one attached hydrogen (secondary N) is 1. The van der Waals surface area contributed by atoms with E-state index in [9.17, 15) is 0 Å². The molecule has 19 heavy (non-hydrogen) atoms. The molecule has 0 saturated heterocycles. The van der Waals surface area contributed by atoms with Gasteiger partial charge in [0.1, 0.15) is 5.84 Å². The minimum Gasteiger partial charge on any atom is -0.384 e. The van der Waals surface area contributed by atoms with Crippen molar-refractivity contribution in [2.45, 2.75) is 24.6 Å². The van der Waals surface area contributed by atoms with E-state index < -0.39 is 0 Å². The smallest absolute Gasteiger partial charge is 0.122 e. The Kier molecular flexibility index (Phi) is 4.22. The van der Waals surface area contributed by atoms with E-state index in [1.807, 2.05) is 31.2 Å². The lowest BCUT2D eigenvalue weighted by Crippen LogP contribution is -2.11. The van der Waals surface area contributed by atoms with Crippen molar-refractivity contribution in [1.29, 1.82) is 5.41 Å². The monoisotopic (exact) mass is 271 g/mol. The van der Waals surface area contributed by atoms with Crippen LogP contribution in [0.2, 0.25) is 0 Å². The Morgan fingerprint density at radius 2 is 2.00 bits per heavy atom. The van der Waals surface area contributed by atoms with E-state index in [4.69, 9.17) is 11.1 Å². The molecule has 2 aromatic rings. The Morgan fingerprint density at radius 1 is 1.26 bits per heavy atom.